The molecule has 2 fully saturated rings. The Morgan fingerprint density at radius 1 is 1.48 bits per heavy atom. The predicted molar refractivity (Wildman–Crippen MR) is 89.5 cm³/mol. The second-order valence-corrected chi connectivity index (χ2v) is 7.36. The number of amides is 2. The van der Waals surface area contributed by atoms with E-state index in [1.807, 2.05) is 21.7 Å². The van der Waals surface area contributed by atoms with Crippen molar-refractivity contribution in [2.75, 3.05) is 33.4 Å². The lowest BCUT2D eigenvalue weighted by atomic mass is 9.76. The molecule has 1 saturated carbocycles. The molecule has 2 amide bonds. The molecule has 2 heterocycles. The zero-order valence-electron chi connectivity index (χ0n) is 13.5. The average Bonchev–Trinajstić information content (AvgIpc) is 3.28. The fourth-order valence-corrected chi connectivity index (χ4v) is 4.70. The molecule has 1 aromatic heterocycles. The van der Waals surface area contributed by atoms with E-state index in [4.69, 9.17) is 4.74 Å². The summed E-state index contributed by atoms with van der Waals surface area (Å²) in [4.78, 5) is 27.0. The molecule has 126 valence electrons. The third-order valence-corrected chi connectivity index (χ3v) is 5.95. The zero-order chi connectivity index (χ0) is 16.3. The summed E-state index contributed by atoms with van der Waals surface area (Å²) >= 11 is 1.54. The minimum absolute atomic E-state index is 0.0250. The number of nitrogens with zero attached hydrogens (tertiary/aromatic N) is 1. The lowest BCUT2D eigenvalue weighted by Gasteiger charge is -2.30. The molecule has 5 nitrogen and oxygen atoms in total. The second-order valence-electron chi connectivity index (χ2n) is 6.58. The molecule has 6 heteroatoms. The van der Waals surface area contributed by atoms with Crippen LogP contribution in [0.15, 0.2) is 16.8 Å². The van der Waals surface area contributed by atoms with Crippen LogP contribution in [0.25, 0.3) is 0 Å². The molecule has 0 bridgehead atoms. The Labute approximate surface area is 141 Å². The van der Waals surface area contributed by atoms with E-state index in [-0.39, 0.29) is 23.1 Å². The van der Waals surface area contributed by atoms with Crippen molar-refractivity contribution in [2.45, 2.75) is 25.7 Å². The third kappa shape index (κ3) is 3.28. The number of rotatable bonds is 5. The summed E-state index contributed by atoms with van der Waals surface area (Å²) in [6, 6.07) is 1.88. The number of carbonyl (C=O) groups is 2. The lowest BCUT2D eigenvalue weighted by Crippen LogP contribution is -2.42. The van der Waals surface area contributed by atoms with Crippen molar-refractivity contribution >= 4 is 23.2 Å². The maximum atomic E-state index is 12.6. The molecule has 1 aliphatic heterocycles. The summed E-state index contributed by atoms with van der Waals surface area (Å²) < 4.78 is 5.00. The zero-order valence-corrected chi connectivity index (χ0v) is 14.4. The van der Waals surface area contributed by atoms with E-state index in [9.17, 15) is 9.59 Å². The van der Waals surface area contributed by atoms with E-state index < -0.39 is 0 Å². The minimum atomic E-state index is -0.0250. The lowest BCUT2D eigenvalue weighted by molar-refractivity contribution is -0.128. The largest absolute Gasteiger partial charge is 0.383 e. The van der Waals surface area contributed by atoms with Crippen LogP contribution in [0.4, 0.5) is 0 Å². The molecular weight excluding hydrogens is 312 g/mol. The van der Waals surface area contributed by atoms with Gasteiger partial charge in [-0.3, -0.25) is 9.59 Å². The fourth-order valence-electron chi connectivity index (χ4n) is 4.07. The van der Waals surface area contributed by atoms with E-state index in [1.54, 1.807) is 18.4 Å². The Morgan fingerprint density at radius 2 is 2.35 bits per heavy atom. The monoisotopic (exact) mass is 336 g/mol. The Hall–Kier alpha value is -1.40. The first-order valence-electron chi connectivity index (χ1n) is 8.24. The normalized spacial score (nSPS) is 26.8. The van der Waals surface area contributed by atoms with E-state index in [0.29, 0.717) is 19.7 Å². The summed E-state index contributed by atoms with van der Waals surface area (Å²) in [6.07, 6.45) is 3.98. The maximum absolute atomic E-state index is 12.6. The standard InChI is InChI=1S/C17H24N2O3S/c1-22-9-7-18-15(20)14-3-2-5-17(14)6-8-19(12-17)16(21)13-4-10-23-11-13/h4,10-11,14H,2-3,5-9,12H2,1H3,(H,18,20)/t14-,17+/m1/s1. The van der Waals surface area contributed by atoms with Gasteiger partial charge in [0.25, 0.3) is 5.91 Å². The van der Waals surface area contributed by atoms with Gasteiger partial charge in [0.15, 0.2) is 0 Å². The van der Waals surface area contributed by atoms with Crippen LogP contribution < -0.4 is 5.32 Å². The van der Waals surface area contributed by atoms with Crippen molar-refractivity contribution in [2.24, 2.45) is 11.3 Å². The molecular formula is C17H24N2O3S. The molecule has 2 atom stereocenters. The van der Waals surface area contributed by atoms with Crippen molar-refractivity contribution in [3.63, 3.8) is 0 Å². The maximum Gasteiger partial charge on any atom is 0.254 e. The van der Waals surface area contributed by atoms with Gasteiger partial charge < -0.3 is 15.0 Å². The number of carbonyl (C=O) groups excluding carboxylic acids is 2. The SMILES string of the molecule is COCCNC(=O)[C@H]1CCC[C@@]12CCN(C(=O)c1ccsc1)C2. The van der Waals surface area contributed by atoms with Gasteiger partial charge in [0.2, 0.25) is 5.91 Å². The third-order valence-electron chi connectivity index (χ3n) is 5.27. The van der Waals surface area contributed by atoms with Crippen LogP contribution in [-0.2, 0) is 9.53 Å². The first-order valence-corrected chi connectivity index (χ1v) is 9.19. The molecule has 0 radical (unpaired) electrons. The first-order chi connectivity index (χ1) is 11.2. The average molecular weight is 336 g/mol. The number of thiophene rings is 1. The number of likely N-dealkylation sites (tertiary alicyclic amines) is 1. The van der Waals surface area contributed by atoms with Crippen molar-refractivity contribution < 1.29 is 14.3 Å². The van der Waals surface area contributed by atoms with Crippen LogP contribution in [-0.4, -0.2) is 50.1 Å². The van der Waals surface area contributed by atoms with E-state index in [0.717, 1.165) is 37.8 Å². The summed E-state index contributed by atoms with van der Waals surface area (Å²) in [6.45, 7) is 2.56. The van der Waals surface area contributed by atoms with Crippen LogP contribution in [0.1, 0.15) is 36.0 Å². The Kier molecular flexibility index (Phi) is 5.02. The van der Waals surface area contributed by atoms with Gasteiger partial charge in [-0.15, -0.1) is 0 Å². The highest BCUT2D eigenvalue weighted by Crippen LogP contribution is 2.50. The van der Waals surface area contributed by atoms with Gasteiger partial charge in [-0.2, -0.15) is 11.3 Å². The van der Waals surface area contributed by atoms with Gasteiger partial charge in [-0.1, -0.05) is 6.42 Å². The molecule has 3 rings (SSSR count). The fraction of sp³-hybridized carbons (Fsp3) is 0.647. The smallest absolute Gasteiger partial charge is 0.254 e. The molecule has 0 aromatic carbocycles. The van der Waals surface area contributed by atoms with Crippen molar-refractivity contribution in [3.05, 3.63) is 22.4 Å². The Balaban J connectivity index is 1.65. The topological polar surface area (TPSA) is 58.6 Å². The quantitative estimate of drug-likeness (QED) is 0.838. The van der Waals surface area contributed by atoms with Crippen LogP contribution in [0.2, 0.25) is 0 Å². The number of nitrogens with one attached hydrogen (secondary N) is 1. The minimum Gasteiger partial charge on any atom is -0.383 e. The Morgan fingerprint density at radius 3 is 3.09 bits per heavy atom. The van der Waals surface area contributed by atoms with E-state index in [2.05, 4.69) is 5.32 Å². The molecule has 0 unspecified atom stereocenters. The number of ether oxygens (including phenoxy) is 1. The Bertz CT molecular complexity index is 560. The molecule has 1 spiro atoms. The number of hydrogen-bond acceptors (Lipinski definition) is 4. The highest BCUT2D eigenvalue weighted by atomic mass is 32.1. The number of hydrogen-bond donors (Lipinski definition) is 1. The van der Waals surface area contributed by atoms with Gasteiger partial charge in [0.05, 0.1) is 12.2 Å². The summed E-state index contributed by atoms with van der Waals surface area (Å²) in [5, 5.41) is 6.81. The molecule has 23 heavy (non-hydrogen) atoms. The first kappa shape index (κ1) is 16.5. The van der Waals surface area contributed by atoms with Crippen LogP contribution in [0.5, 0.6) is 0 Å². The second kappa shape index (κ2) is 7.01. The molecule has 1 N–H and O–H groups in total. The van der Waals surface area contributed by atoms with Crippen molar-refractivity contribution in [1.29, 1.82) is 0 Å². The van der Waals surface area contributed by atoms with Gasteiger partial charge in [-0.05, 0) is 30.7 Å². The molecule has 1 aliphatic carbocycles. The van der Waals surface area contributed by atoms with Gasteiger partial charge in [0, 0.05) is 43.5 Å². The van der Waals surface area contributed by atoms with Gasteiger partial charge in [-0.25, -0.2) is 0 Å². The van der Waals surface area contributed by atoms with Gasteiger partial charge in [0.1, 0.15) is 0 Å². The molecule has 1 saturated heterocycles. The van der Waals surface area contributed by atoms with Gasteiger partial charge >= 0.3 is 0 Å². The highest BCUT2D eigenvalue weighted by molar-refractivity contribution is 7.08. The van der Waals surface area contributed by atoms with Crippen LogP contribution in [0.3, 0.4) is 0 Å². The predicted octanol–water partition coefficient (Wildman–Crippen LogP) is 2.14. The molecule has 1 aromatic rings. The van der Waals surface area contributed by atoms with E-state index >= 15 is 0 Å². The van der Waals surface area contributed by atoms with Crippen molar-refractivity contribution in [1.82, 2.24) is 10.2 Å². The summed E-state index contributed by atoms with van der Waals surface area (Å²) in [7, 11) is 1.63. The van der Waals surface area contributed by atoms with Crippen LogP contribution >= 0.6 is 11.3 Å². The number of methoxy groups -OCH3 is 1. The van der Waals surface area contributed by atoms with Crippen LogP contribution in [0, 0.1) is 11.3 Å². The highest BCUT2D eigenvalue weighted by Gasteiger charge is 2.51. The summed E-state index contributed by atoms with van der Waals surface area (Å²) in [5.74, 6) is 0.262. The van der Waals surface area contributed by atoms with E-state index in [1.165, 1.54) is 0 Å². The molecule has 2 aliphatic rings. The van der Waals surface area contributed by atoms with Crippen molar-refractivity contribution in [3.8, 4) is 0 Å². The summed E-state index contributed by atoms with van der Waals surface area (Å²) in [5.41, 5.74) is 0.745.